The van der Waals surface area contributed by atoms with Crippen molar-refractivity contribution in [2.45, 2.75) is 20.1 Å². The fourth-order valence-corrected chi connectivity index (χ4v) is 3.20. The Morgan fingerprint density at radius 1 is 1.14 bits per heavy atom. The molecule has 28 heavy (non-hydrogen) atoms. The molecular weight excluding hydrogens is 397 g/mol. The fourth-order valence-electron chi connectivity index (χ4n) is 2.90. The summed E-state index contributed by atoms with van der Waals surface area (Å²) in [5.41, 5.74) is 2.60. The maximum Gasteiger partial charge on any atom is 0.251 e. The summed E-state index contributed by atoms with van der Waals surface area (Å²) in [6.45, 7) is 3.11. The minimum absolute atomic E-state index is 0.0933. The van der Waals surface area contributed by atoms with E-state index in [0.29, 0.717) is 34.6 Å². The van der Waals surface area contributed by atoms with Gasteiger partial charge in [0.15, 0.2) is 5.82 Å². The summed E-state index contributed by atoms with van der Waals surface area (Å²) < 4.78 is 1.84. The lowest BCUT2D eigenvalue weighted by molar-refractivity contribution is 0.0963. The summed E-state index contributed by atoms with van der Waals surface area (Å²) in [6.07, 6.45) is 0. The number of amides is 1. The molecule has 0 aliphatic heterocycles. The number of nitrogens with zero attached hydrogens (tertiary/aromatic N) is 4. The first-order valence-corrected chi connectivity index (χ1v) is 9.49. The number of benzene rings is 2. The van der Waals surface area contributed by atoms with E-state index in [9.17, 15) is 4.79 Å². The molecule has 0 saturated heterocycles. The minimum atomic E-state index is -0.0933. The van der Waals surface area contributed by atoms with Crippen molar-refractivity contribution < 1.29 is 4.79 Å². The molecule has 1 heterocycles. The van der Waals surface area contributed by atoms with Crippen LogP contribution < -0.4 is 5.32 Å². The molecule has 0 fully saturated rings. The number of carbonyl (C=O) groups is 1. The van der Waals surface area contributed by atoms with Gasteiger partial charge in [0.2, 0.25) is 0 Å². The van der Waals surface area contributed by atoms with E-state index in [1.54, 1.807) is 19.2 Å². The molecule has 0 spiro atoms. The van der Waals surface area contributed by atoms with Gasteiger partial charge in [0.05, 0.1) is 16.7 Å². The summed E-state index contributed by atoms with van der Waals surface area (Å²) in [5.74, 6) is 1.33. The molecular formula is C20H21Cl2N5O. The van der Waals surface area contributed by atoms with Gasteiger partial charge in [0, 0.05) is 24.7 Å². The monoisotopic (exact) mass is 417 g/mol. The van der Waals surface area contributed by atoms with Gasteiger partial charge >= 0.3 is 0 Å². The maximum atomic E-state index is 11.6. The zero-order valence-electron chi connectivity index (χ0n) is 15.9. The Balaban J connectivity index is 1.74. The van der Waals surface area contributed by atoms with E-state index in [1.807, 2.05) is 49.0 Å². The summed E-state index contributed by atoms with van der Waals surface area (Å²) in [5, 5.41) is 8.11. The fraction of sp³-hybridized carbons (Fsp3) is 0.250. The van der Waals surface area contributed by atoms with Crippen molar-refractivity contribution in [3.05, 3.63) is 69.5 Å². The van der Waals surface area contributed by atoms with Crippen molar-refractivity contribution in [3.63, 3.8) is 0 Å². The largest absolute Gasteiger partial charge is 0.355 e. The molecule has 2 aromatic carbocycles. The van der Waals surface area contributed by atoms with Crippen LogP contribution in [0.4, 0.5) is 0 Å². The van der Waals surface area contributed by atoms with Crippen molar-refractivity contribution in [1.82, 2.24) is 25.0 Å². The van der Waals surface area contributed by atoms with Gasteiger partial charge in [-0.05, 0) is 49.9 Å². The van der Waals surface area contributed by atoms with Gasteiger partial charge in [-0.25, -0.2) is 9.67 Å². The molecule has 3 rings (SSSR count). The van der Waals surface area contributed by atoms with Crippen LogP contribution in [0.1, 0.15) is 21.7 Å². The second-order valence-corrected chi connectivity index (χ2v) is 7.36. The van der Waals surface area contributed by atoms with Crippen LogP contribution in [0, 0.1) is 6.92 Å². The number of carbonyl (C=O) groups excluding carboxylic acids is 1. The standard InChI is InChI=1S/C20H21Cl2N5O/c1-13-24-19(16-8-9-17(21)18(22)10-16)27(25-13)12-26(3)11-14-4-6-15(7-5-14)20(28)23-2/h4-10H,11-12H2,1-3H3,(H,23,28). The molecule has 0 unspecified atom stereocenters. The molecule has 6 nitrogen and oxygen atoms in total. The number of halogens is 2. The number of aromatic nitrogens is 3. The lowest BCUT2D eigenvalue weighted by Crippen LogP contribution is -2.23. The summed E-state index contributed by atoms with van der Waals surface area (Å²) in [6, 6.07) is 13.0. The van der Waals surface area contributed by atoms with Crippen LogP contribution >= 0.6 is 23.2 Å². The molecule has 0 radical (unpaired) electrons. The number of hydrogen-bond donors (Lipinski definition) is 1. The highest BCUT2D eigenvalue weighted by molar-refractivity contribution is 6.42. The number of hydrogen-bond acceptors (Lipinski definition) is 4. The average Bonchev–Trinajstić information content (AvgIpc) is 3.03. The van der Waals surface area contributed by atoms with Crippen LogP contribution in [0.3, 0.4) is 0 Å². The molecule has 1 aromatic heterocycles. The lowest BCUT2D eigenvalue weighted by atomic mass is 10.1. The van der Waals surface area contributed by atoms with Crippen molar-refractivity contribution >= 4 is 29.1 Å². The van der Waals surface area contributed by atoms with Gasteiger partial charge in [0.1, 0.15) is 5.82 Å². The van der Waals surface area contributed by atoms with E-state index in [1.165, 1.54) is 0 Å². The van der Waals surface area contributed by atoms with Crippen molar-refractivity contribution in [2.24, 2.45) is 0 Å². The van der Waals surface area contributed by atoms with E-state index in [-0.39, 0.29) is 5.91 Å². The van der Waals surface area contributed by atoms with Gasteiger partial charge in [0.25, 0.3) is 5.91 Å². The second kappa shape index (κ2) is 8.73. The van der Waals surface area contributed by atoms with Crippen molar-refractivity contribution in [2.75, 3.05) is 14.1 Å². The molecule has 8 heteroatoms. The Morgan fingerprint density at radius 3 is 2.50 bits per heavy atom. The van der Waals surface area contributed by atoms with E-state index in [4.69, 9.17) is 23.2 Å². The highest BCUT2D eigenvalue weighted by Crippen LogP contribution is 2.27. The molecule has 0 bridgehead atoms. The van der Waals surface area contributed by atoms with Crippen LogP contribution in [0.15, 0.2) is 42.5 Å². The van der Waals surface area contributed by atoms with Crippen molar-refractivity contribution in [3.8, 4) is 11.4 Å². The van der Waals surface area contributed by atoms with Crippen molar-refractivity contribution in [1.29, 1.82) is 0 Å². The van der Waals surface area contributed by atoms with Gasteiger partial charge in [-0.15, -0.1) is 0 Å². The van der Waals surface area contributed by atoms with Gasteiger partial charge in [-0.1, -0.05) is 35.3 Å². The lowest BCUT2D eigenvalue weighted by Gasteiger charge is -2.18. The average molecular weight is 418 g/mol. The first-order chi connectivity index (χ1) is 13.4. The Bertz CT molecular complexity index is 985. The maximum absolute atomic E-state index is 11.6. The van der Waals surface area contributed by atoms with Crippen LogP contribution in [0.25, 0.3) is 11.4 Å². The quantitative estimate of drug-likeness (QED) is 0.657. The second-order valence-electron chi connectivity index (χ2n) is 6.54. The summed E-state index contributed by atoms with van der Waals surface area (Å²) in [7, 11) is 3.62. The molecule has 0 aliphatic rings. The smallest absolute Gasteiger partial charge is 0.251 e. The molecule has 1 N–H and O–H groups in total. The Morgan fingerprint density at radius 2 is 1.86 bits per heavy atom. The SMILES string of the molecule is CNC(=O)c1ccc(CN(C)Cn2nc(C)nc2-c2ccc(Cl)c(Cl)c2)cc1. The molecule has 0 aliphatic carbocycles. The van der Waals surface area contributed by atoms with Crippen LogP contribution in [0.2, 0.25) is 10.0 Å². The predicted octanol–water partition coefficient (Wildman–Crippen LogP) is 4.01. The highest BCUT2D eigenvalue weighted by atomic mass is 35.5. The van der Waals surface area contributed by atoms with E-state index in [2.05, 4.69) is 20.3 Å². The normalized spacial score (nSPS) is 11.1. The molecule has 0 saturated carbocycles. The Kier molecular flexibility index (Phi) is 6.34. The zero-order valence-corrected chi connectivity index (χ0v) is 17.4. The van der Waals surface area contributed by atoms with Crippen LogP contribution in [0.5, 0.6) is 0 Å². The topological polar surface area (TPSA) is 63.1 Å². The van der Waals surface area contributed by atoms with Crippen LogP contribution in [-0.4, -0.2) is 39.7 Å². The first kappa shape index (κ1) is 20.3. The van der Waals surface area contributed by atoms with Crippen LogP contribution in [-0.2, 0) is 13.2 Å². The third-order valence-corrected chi connectivity index (χ3v) is 4.97. The molecule has 0 atom stereocenters. The Hall–Kier alpha value is -2.41. The zero-order chi connectivity index (χ0) is 20.3. The van der Waals surface area contributed by atoms with E-state index < -0.39 is 0 Å². The third-order valence-electron chi connectivity index (χ3n) is 4.23. The number of aryl methyl sites for hydroxylation is 1. The van der Waals surface area contributed by atoms with E-state index in [0.717, 1.165) is 17.0 Å². The molecule has 146 valence electrons. The highest BCUT2D eigenvalue weighted by Gasteiger charge is 2.13. The first-order valence-electron chi connectivity index (χ1n) is 8.74. The Labute approximate surface area is 174 Å². The number of nitrogens with one attached hydrogen (secondary N) is 1. The summed E-state index contributed by atoms with van der Waals surface area (Å²) in [4.78, 5) is 18.3. The van der Waals surface area contributed by atoms with Gasteiger partial charge < -0.3 is 5.32 Å². The summed E-state index contributed by atoms with van der Waals surface area (Å²) >= 11 is 12.2. The predicted molar refractivity (Wildman–Crippen MR) is 112 cm³/mol. The molecule has 3 aromatic rings. The van der Waals surface area contributed by atoms with E-state index >= 15 is 0 Å². The molecule has 1 amide bonds. The minimum Gasteiger partial charge on any atom is -0.355 e. The van der Waals surface area contributed by atoms with Gasteiger partial charge in [-0.2, -0.15) is 5.10 Å². The number of rotatable bonds is 6. The van der Waals surface area contributed by atoms with Gasteiger partial charge in [-0.3, -0.25) is 9.69 Å². The third kappa shape index (κ3) is 4.70.